The van der Waals surface area contributed by atoms with Crippen molar-refractivity contribution < 1.29 is 13.6 Å². The summed E-state index contributed by atoms with van der Waals surface area (Å²) in [5, 5.41) is 5.86. The molecule has 1 aromatic carbocycles. The number of carbonyl (C=O) groups excluding carboxylic acids is 1. The molecule has 2 N–H and O–H groups in total. The zero-order valence-corrected chi connectivity index (χ0v) is 10.5. The van der Waals surface area contributed by atoms with E-state index in [1.54, 1.807) is 24.3 Å². The maximum absolute atomic E-state index is 12.1. The summed E-state index contributed by atoms with van der Waals surface area (Å²) in [6.07, 6.45) is 1.84. The molecule has 0 aromatic heterocycles. The number of amides is 1. The summed E-state index contributed by atoms with van der Waals surface area (Å²) in [6, 6.07) is 6.29. The summed E-state index contributed by atoms with van der Waals surface area (Å²) >= 11 is 0.493. The maximum atomic E-state index is 12.1. The second-order valence-electron chi connectivity index (χ2n) is 4.04. The number of carbonyl (C=O) groups is 1. The van der Waals surface area contributed by atoms with Crippen LogP contribution >= 0.6 is 11.8 Å². The number of thioether (sulfide) groups is 1. The van der Waals surface area contributed by atoms with Gasteiger partial charge < -0.3 is 10.6 Å². The van der Waals surface area contributed by atoms with E-state index < -0.39 is 5.76 Å². The summed E-state index contributed by atoms with van der Waals surface area (Å²) in [5.41, 5.74) is 0.632. The Morgan fingerprint density at radius 2 is 2.11 bits per heavy atom. The SMILES string of the molecule is O=C(Nc1ccc(SC(F)F)cc1)[C@H]1CCCN1. The first-order valence-electron chi connectivity index (χ1n) is 5.74. The highest BCUT2D eigenvalue weighted by Gasteiger charge is 2.21. The van der Waals surface area contributed by atoms with E-state index in [1.165, 1.54) is 0 Å². The lowest BCUT2D eigenvalue weighted by Gasteiger charge is -2.11. The molecule has 6 heteroatoms. The molecule has 0 saturated carbocycles. The lowest BCUT2D eigenvalue weighted by atomic mass is 10.2. The molecule has 1 aliphatic heterocycles. The van der Waals surface area contributed by atoms with E-state index in [0.717, 1.165) is 19.4 Å². The van der Waals surface area contributed by atoms with E-state index >= 15 is 0 Å². The van der Waals surface area contributed by atoms with E-state index in [0.29, 0.717) is 22.3 Å². The highest BCUT2D eigenvalue weighted by molar-refractivity contribution is 7.99. The van der Waals surface area contributed by atoms with Crippen LogP contribution in [0.2, 0.25) is 0 Å². The Balaban J connectivity index is 1.91. The summed E-state index contributed by atoms with van der Waals surface area (Å²) in [4.78, 5) is 12.3. The fourth-order valence-corrected chi connectivity index (χ4v) is 2.36. The standard InChI is InChI=1S/C12H14F2N2OS/c13-12(14)18-9-5-3-8(4-6-9)16-11(17)10-2-1-7-15-10/h3-6,10,12,15H,1-2,7H2,(H,16,17)/t10-/m1/s1. The molecular formula is C12H14F2N2OS. The Labute approximate surface area is 108 Å². The monoisotopic (exact) mass is 272 g/mol. The van der Waals surface area contributed by atoms with Crippen molar-refractivity contribution in [3.8, 4) is 0 Å². The molecule has 0 spiro atoms. The smallest absolute Gasteiger partial charge is 0.288 e. The Bertz CT molecular complexity index is 405. The molecule has 2 rings (SSSR count). The van der Waals surface area contributed by atoms with Gasteiger partial charge in [0.2, 0.25) is 5.91 Å². The molecule has 1 heterocycles. The van der Waals surface area contributed by atoms with Gasteiger partial charge in [-0.1, -0.05) is 11.8 Å². The van der Waals surface area contributed by atoms with Gasteiger partial charge in [0.1, 0.15) is 0 Å². The Kier molecular flexibility index (Phi) is 4.54. The number of hydrogen-bond acceptors (Lipinski definition) is 3. The van der Waals surface area contributed by atoms with Crippen LogP contribution in [0.25, 0.3) is 0 Å². The van der Waals surface area contributed by atoms with E-state index in [-0.39, 0.29) is 11.9 Å². The third-order valence-electron chi connectivity index (χ3n) is 2.72. The number of anilines is 1. The van der Waals surface area contributed by atoms with Gasteiger partial charge in [0.25, 0.3) is 5.76 Å². The first kappa shape index (κ1) is 13.3. The van der Waals surface area contributed by atoms with Crippen LogP contribution in [0.3, 0.4) is 0 Å². The lowest BCUT2D eigenvalue weighted by molar-refractivity contribution is -0.117. The third-order valence-corrected chi connectivity index (χ3v) is 3.45. The third kappa shape index (κ3) is 3.68. The highest BCUT2D eigenvalue weighted by Crippen LogP contribution is 2.26. The quantitative estimate of drug-likeness (QED) is 0.828. The van der Waals surface area contributed by atoms with Gasteiger partial charge in [-0.15, -0.1) is 0 Å². The highest BCUT2D eigenvalue weighted by atomic mass is 32.2. The number of alkyl halides is 2. The number of hydrogen-bond donors (Lipinski definition) is 2. The van der Waals surface area contributed by atoms with Crippen molar-refractivity contribution in [3.05, 3.63) is 24.3 Å². The predicted octanol–water partition coefficient (Wildman–Crippen LogP) is 2.69. The zero-order chi connectivity index (χ0) is 13.0. The summed E-state index contributed by atoms with van der Waals surface area (Å²) in [7, 11) is 0. The molecule has 0 unspecified atom stereocenters. The van der Waals surface area contributed by atoms with Crippen LogP contribution < -0.4 is 10.6 Å². The van der Waals surface area contributed by atoms with Crippen LogP contribution in [0.5, 0.6) is 0 Å². The number of rotatable bonds is 4. The molecule has 1 fully saturated rings. The lowest BCUT2D eigenvalue weighted by Crippen LogP contribution is -2.35. The predicted molar refractivity (Wildman–Crippen MR) is 68.0 cm³/mol. The topological polar surface area (TPSA) is 41.1 Å². The largest absolute Gasteiger partial charge is 0.325 e. The number of benzene rings is 1. The van der Waals surface area contributed by atoms with Gasteiger partial charge in [-0.25, -0.2) is 0 Å². The van der Waals surface area contributed by atoms with Gasteiger partial charge in [0, 0.05) is 10.6 Å². The van der Waals surface area contributed by atoms with Crippen LogP contribution in [0.4, 0.5) is 14.5 Å². The molecule has 0 aliphatic carbocycles. The van der Waals surface area contributed by atoms with Gasteiger partial charge >= 0.3 is 0 Å². The molecule has 1 aliphatic rings. The van der Waals surface area contributed by atoms with Gasteiger partial charge in [-0.2, -0.15) is 8.78 Å². The average Bonchev–Trinajstić information content (AvgIpc) is 2.84. The molecule has 18 heavy (non-hydrogen) atoms. The van der Waals surface area contributed by atoms with Gasteiger partial charge in [0.15, 0.2) is 0 Å². The van der Waals surface area contributed by atoms with E-state index in [2.05, 4.69) is 10.6 Å². The van der Waals surface area contributed by atoms with Crippen LogP contribution in [-0.4, -0.2) is 24.3 Å². The van der Waals surface area contributed by atoms with E-state index in [9.17, 15) is 13.6 Å². The van der Waals surface area contributed by atoms with Gasteiger partial charge in [-0.3, -0.25) is 4.79 Å². The Hall–Kier alpha value is -1.14. The van der Waals surface area contributed by atoms with Crippen molar-refractivity contribution in [2.75, 3.05) is 11.9 Å². The second kappa shape index (κ2) is 6.15. The van der Waals surface area contributed by atoms with Crippen LogP contribution in [0.15, 0.2) is 29.2 Å². The van der Waals surface area contributed by atoms with Crippen LogP contribution in [0.1, 0.15) is 12.8 Å². The summed E-state index contributed by atoms with van der Waals surface area (Å²) in [6.45, 7) is 0.863. The van der Waals surface area contributed by atoms with Crippen molar-refractivity contribution in [3.63, 3.8) is 0 Å². The molecule has 0 bridgehead atoms. The number of halogens is 2. The second-order valence-corrected chi connectivity index (χ2v) is 5.10. The molecule has 3 nitrogen and oxygen atoms in total. The minimum absolute atomic E-state index is 0.0678. The van der Waals surface area contributed by atoms with Crippen LogP contribution in [0, 0.1) is 0 Å². The minimum atomic E-state index is -2.42. The molecule has 1 aromatic rings. The van der Waals surface area contributed by atoms with Crippen LogP contribution in [-0.2, 0) is 4.79 Å². The Morgan fingerprint density at radius 1 is 1.39 bits per heavy atom. The summed E-state index contributed by atoms with van der Waals surface area (Å²) < 4.78 is 24.2. The normalized spacial score (nSPS) is 19.2. The molecule has 1 atom stereocenters. The van der Waals surface area contributed by atoms with E-state index in [4.69, 9.17) is 0 Å². The maximum Gasteiger partial charge on any atom is 0.288 e. The van der Waals surface area contributed by atoms with Crippen molar-refractivity contribution in [2.45, 2.75) is 29.5 Å². The Morgan fingerprint density at radius 3 is 2.67 bits per heavy atom. The first-order chi connectivity index (χ1) is 8.65. The fourth-order valence-electron chi connectivity index (χ4n) is 1.86. The first-order valence-corrected chi connectivity index (χ1v) is 6.62. The molecule has 1 saturated heterocycles. The molecular weight excluding hydrogens is 258 g/mol. The zero-order valence-electron chi connectivity index (χ0n) is 9.66. The molecule has 0 radical (unpaired) electrons. The molecule has 1 amide bonds. The molecule has 98 valence electrons. The van der Waals surface area contributed by atoms with Crippen molar-refractivity contribution >= 4 is 23.4 Å². The van der Waals surface area contributed by atoms with Gasteiger partial charge in [0.05, 0.1) is 6.04 Å². The van der Waals surface area contributed by atoms with Gasteiger partial charge in [-0.05, 0) is 43.7 Å². The summed E-state index contributed by atoms with van der Waals surface area (Å²) in [5.74, 6) is -2.49. The average molecular weight is 272 g/mol. The minimum Gasteiger partial charge on any atom is -0.325 e. The number of nitrogens with one attached hydrogen (secondary N) is 2. The van der Waals surface area contributed by atoms with E-state index in [1.807, 2.05) is 0 Å². The van der Waals surface area contributed by atoms with Crippen molar-refractivity contribution in [2.24, 2.45) is 0 Å². The van der Waals surface area contributed by atoms with Crippen molar-refractivity contribution in [1.29, 1.82) is 0 Å². The van der Waals surface area contributed by atoms with Crippen molar-refractivity contribution in [1.82, 2.24) is 5.32 Å². The fraction of sp³-hybridized carbons (Fsp3) is 0.417.